The highest BCUT2D eigenvalue weighted by Crippen LogP contribution is 2.29. The number of hydrogen-bond donors (Lipinski definition) is 5. The average Bonchev–Trinajstić information content (AvgIpc) is 2.74. The number of hydrogen-bond acceptors (Lipinski definition) is 9. The number of benzene rings is 2. The predicted molar refractivity (Wildman–Crippen MR) is 104 cm³/mol. The van der Waals surface area contributed by atoms with Gasteiger partial charge in [-0.15, -0.1) is 0 Å². The standard InChI is InChI=1S/C21H24O9/c1-28-12-4-2-11(3-5-12)8-15(23)14-7-6-13(9-16(14)24)29-21-20(27)19(26)18(25)17(10-22)30-21/h2-7,9,17-22,24-27H,8,10H2,1H3/t17-,18+,19+,20-,21-/m0/s1. The summed E-state index contributed by atoms with van der Waals surface area (Å²) in [6, 6.07) is 10.9. The molecule has 9 nitrogen and oxygen atoms in total. The lowest BCUT2D eigenvalue weighted by molar-refractivity contribution is -0.277. The van der Waals surface area contributed by atoms with Gasteiger partial charge in [0.1, 0.15) is 41.7 Å². The molecule has 1 aliphatic heterocycles. The lowest BCUT2D eigenvalue weighted by Crippen LogP contribution is -2.60. The van der Waals surface area contributed by atoms with Crippen LogP contribution in [0.4, 0.5) is 0 Å². The summed E-state index contributed by atoms with van der Waals surface area (Å²) >= 11 is 0. The first-order valence-electron chi connectivity index (χ1n) is 9.30. The number of ketones is 1. The van der Waals surface area contributed by atoms with E-state index in [1.165, 1.54) is 18.2 Å². The minimum absolute atomic E-state index is 0.0674. The zero-order chi connectivity index (χ0) is 21.8. The molecule has 0 amide bonds. The van der Waals surface area contributed by atoms with Gasteiger partial charge in [-0.05, 0) is 29.8 Å². The van der Waals surface area contributed by atoms with Crippen LogP contribution in [0.1, 0.15) is 15.9 Å². The quantitative estimate of drug-likeness (QED) is 0.391. The van der Waals surface area contributed by atoms with Gasteiger partial charge in [0.15, 0.2) is 5.78 Å². The van der Waals surface area contributed by atoms with E-state index in [2.05, 4.69) is 0 Å². The third-order valence-electron chi connectivity index (χ3n) is 4.89. The third kappa shape index (κ3) is 4.72. The number of ether oxygens (including phenoxy) is 3. The van der Waals surface area contributed by atoms with E-state index in [4.69, 9.17) is 14.2 Å². The number of aliphatic hydroxyl groups excluding tert-OH is 4. The smallest absolute Gasteiger partial charge is 0.229 e. The van der Waals surface area contributed by atoms with Crippen LogP contribution in [0.5, 0.6) is 17.2 Å². The lowest BCUT2D eigenvalue weighted by atomic mass is 9.99. The van der Waals surface area contributed by atoms with E-state index in [0.29, 0.717) is 5.75 Å². The molecule has 3 rings (SSSR count). The molecule has 30 heavy (non-hydrogen) atoms. The molecule has 0 unspecified atom stereocenters. The van der Waals surface area contributed by atoms with Gasteiger partial charge in [0, 0.05) is 12.5 Å². The Balaban J connectivity index is 1.69. The van der Waals surface area contributed by atoms with Crippen LogP contribution in [-0.2, 0) is 11.2 Å². The van der Waals surface area contributed by atoms with Crippen LogP contribution in [0.2, 0.25) is 0 Å². The van der Waals surface area contributed by atoms with Crippen molar-refractivity contribution in [2.75, 3.05) is 13.7 Å². The van der Waals surface area contributed by atoms with Crippen LogP contribution in [0.25, 0.3) is 0 Å². The van der Waals surface area contributed by atoms with Gasteiger partial charge >= 0.3 is 0 Å². The summed E-state index contributed by atoms with van der Waals surface area (Å²) in [7, 11) is 1.55. The number of aromatic hydroxyl groups is 1. The molecule has 5 N–H and O–H groups in total. The molecule has 0 bridgehead atoms. The van der Waals surface area contributed by atoms with Crippen LogP contribution in [0.15, 0.2) is 42.5 Å². The Morgan fingerprint density at radius 3 is 2.27 bits per heavy atom. The largest absolute Gasteiger partial charge is 0.507 e. The van der Waals surface area contributed by atoms with Crippen molar-refractivity contribution in [3.63, 3.8) is 0 Å². The van der Waals surface area contributed by atoms with E-state index >= 15 is 0 Å². The Kier molecular flexibility index (Phi) is 6.91. The molecule has 0 aliphatic carbocycles. The first-order chi connectivity index (χ1) is 14.3. The van der Waals surface area contributed by atoms with Crippen LogP contribution >= 0.6 is 0 Å². The van der Waals surface area contributed by atoms with Gasteiger partial charge in [0.25, 0.3) is 0 Å². The number of Topliss-reactive ketones (excluding diaryl/α,β-unsaturated/α-hetero) is 1. The highest BCUT2D eigenvalue weighted by atomic mass is 16.7. The van der Waals surface area contributed by atoms with Crippen molar-refractivity contribution < 1.29 is 44.5 Å². The van der Waals surface area contributed by atoms with Crippen LogP contribution < -0.4 is 9.47 Å². The Bertz CT molecular complexity index is 865. The Morgan fingerprint density at radius 2 is 1.67 bits per heavy atom. The van der Waals surface area contributed by atoms with E-state index in [9.17, 15) is 30.3 Å². The van der Waals surface area contributed by atoms with E-state index in [-0.39, 0.29) is 29.3 Å². The fourth-order valence-corrected chi connectivity index (χ4v) is 3.14. The van der Waals surface area contributed by atoms with Gasteiger partial charge in [-0.2, -0.15) is 0 Å². The molecule has 0 saturated carbocycles. The summed E-state index contributed by atoms with van der Waals surface area (Å²) in [5.41, 5.74) is 0.841. The van der Waals surface area contributed by atoms with Gasteiger partial charge in [-0.3, -0.25) is 4.79 Å². The van der Waals surface area contributed by atoms with Gasteiger partial charge in [0.2, 0.25) is 6.29 Å². The molecule has 0 spiro atoms. The van der Waals surface area contributed by atoms with Crippen molar-refractivity contribution in [3.8, 4) is 17.2 Å². The molecule has 0 radical (unpaired) electrons. The van der Waals surface area contributed by atoms with E-state index in [0.717, 1.165) is 5.56 Å². The number of aliphatic hydroxyl groups is 4. The molecule has 1 fully saturated rings. The predicted octanol–water partition coefficient (Wildman–Crippen LogP) is 0.00490. The summed E-state index contributed by atoms with van der Waals surface area (Å²) in [4.78, 5) is 12.5. The van der Waals surface area contributed by atoms with Crippen molar-refractivity contribution in [1.29, 1.82) is 0 Å². The van der Waals surface area contributed by atoms with Crippen molar-refractivity contribution in [2.24, 2.45) is 0 Å². The highest BCUT2D eigenvalue weighted by Gasteiger charge is 2.44. The molecule has 5 atom stereocenters. The zero-order valence-corrected chi connectivity index (χ0v) is 16.2. The first-order valence-corrected chi connectivity index (χ1v) is 9.30. The number of carbonyl (C=O) groups is 1. The Labute approximate surface area is 172 Å². The van der Waals surface area contributed by atoms with Crippen LogP contribution in [0, 0.1) is 0 Å². The Hall–Kier alpha value is -2.69. The third-order valence-corrected chi connectivity index (χ3v) is 4.89. The molecule has 2 aromatic carbocycles. The highest BCUT2D eigenvalue weighted by molar-refractivity contribution is 6.00. The first kappa shape index (κ1) is 22.0. The van der Waals surface area contributed by atoms with E-state index in [1.54, 1.807) is 31.4 Å². The molecule has 9 heteroatoms. The fraction of sp³-hybridized carbons (Fsp3) is 0.381. The number of phenolic OH excluding ortho intramolecular Hbond substituents is 1. The van der Waals surface area contributed by atoms with Crippen molar-refractivity contribution in [3.05, 3.63) is 53.6 Å². The summed E-state index contributed by atoms with van der Waals surface area (Å²) < 4.78 is 15.8. The van der Waals surface area contributed by atoms with Crippen LogP contribution in [-0.4, -0.2) is 75.7 Å². The maximum absolute atomic E-state index is 12.5. The van der Waals surface area contributed by atoms with Crippen molar-refractivity contribution in [2.45, 2.75) is 37.1 Å². The normalized spacial score (nSPS) is 26.2. The van der Waals surface area contributed by atoms with Gasteiger partial charge in [-0.1, -0.05) is 12.1 Å². The molecule has 1 aliphatic rings. The number of phenols is 1. The monoisotopic (exact) mass is 420 g/mol. The summed E-state index contributed by atoms with van der Waals surface area (Å²) in [5.74, 6) is 0.106. The lowest BCUT2D eigenvalue weighted by Gasteiger charge is -2.39. The topological polar surface area (TPSA) is 146 Å². The average molecular weight is 420 g/mol. The number of methoxy groups -OCH3 is 1. The van der Waals surface area contributed by atoms with Crippen LogP contribution in [0.3, 0.4) is 0 Å². The molecular weight excluding hydrogens is 396 g/mol. The SMILES string of the molecule is COc1ccc(CC(=O)c2ccc(O[C@H]3O[C@@H](CO)[C@@H](O)[C@@H](O)[C@@H]3O)cc2O)cc1. The Morgan fingerprint density at radius 1 is 1.00 bits per heavy atom. The molecule has 0 aromatic heterocycles. The molecular formula is C21H24O9. The zero-order valence-electron chi connectivity index (χ0n) is 16.2. The maximum atomic E-state index is 12.5. The molecule has 2 aromatic rings. The number of rotatable bonds is 7. The summed E-state index contributed by atoms with van der Waals surface area (Å²) in [6.07, 6.45) is -7.10. The van der Waals surface area contributed by atoms with Crippen molar-refractivity contribution >= 4 is 5.78 Å². The van der Waals surface area contributed by atoms with Crippen molar-refractivity contribution in [1.82, 2.24) is 0 Å². The minimum atomic E-state index is -1.58. The molecule has 162 valence electrons. The van der Waals surface area contributed by atoms with E-state index < -0.39 is 37.3 Å². The minimum Gasteiger partial charge on any atom is -0.507 e. The maximum Gasteiger partial charge on any atom is 0.229 e. The van der Waals surface area contributed by atoms with Gasteiger partial charge < -0.3 is 39.7 Å². The number of carbonyl (C=O) groups excluding carboxylic acids is 1. The fourth-order valence-electron chi connectivity index (χ4n) is 3.14. The van der Waals surface area contributed by atoms with Gasteiger partial charge in [0.05, 0.1) is 19.3 Å². The van der Waals surface area contributed by atoms with E-state index in [1.807, 2.05) is 0 Å². The summed E-state index contributed by atoms with van der Waals surface area (Å²) in [5, 5.41) is 49.1. The second-order valence-electron chi connectivity index (χ2n) is 6.94. The summed E-state index contributed by atoms with van der Waals surface area (Å²) in [6.45, 7) is -0.588. The van der Waals surface area contributed by atoms with Gasteiger partial charge in [-0.25, -0.2) is 0 Å². The second-order valence-corrected chi connectivity index (χ2v) is 6.94. The molecule has 1 heterocycles. The molecule has 1 saturated heterocycles. The second kappa shape index (κ2) is 9.41.